The summed E-state index contributed by atoms with van der Waals surface area (Å²) in [6, 6.07) is 0. The number of ether oxygens (including phenoxy) is 1. The Morgan fingerprint density at radius 3 is 1.62 bits per heavy atom. The predicted octanol–water partition coefficient (Wildman–Crippen LogP) is -1.39. The summed E-state index contributed by atoms with van der Waals surface area (Å²) in [4.78, 5) is 0. The van der Waals surface area contributed by atoms with E-state index < -0.39 is 0 Å². The van der Waals surface area contributed by atoms with Gasteiger partial charge in [0.15, 0.2) is 0 Å². The third kappa shape index (κ3) is 9.99. The molecule has 2 N–H and O–H groups in total. The molecule has 0 aliphatic carbocycles. The Bertz CT molecular complexity index is 30.5. The van der Waals surface area contributed by atoms with Gasteiger partial charge in [-0.25, -0.2) is 0 Å². The van der Waals surface area contributed by atoms with Gasteiger partial charge in [-0.1, -0.05) is 0 Å². The number of aliphatic hydroxyl groups is 2. The van der Waals surface area contributed by atoms with Gasteiger partial charge in [-0.15, -0.1) is 0 Å². The van der Waals surface area contributed by atoms with Gasteiger partial charge in [0.1, 0.15) is 0 Å². The molecule has 0 fully saturated rings. The molecule has 0 aromatic carbocycles. The van der Waals surface area contributed by atoms with Crippen LogP contribution in [0.1, 0.15) is 0 Å². The number of hydrogen-bond acceptors (Lipinski definition) is 3. The molecule has 8 heavy (non-hydrogen) atoms. The second-order valence-electron chi connectivity index (χ2n) is 1.06. The number of hydrogen-bond donors (Lipinski definition) is 2. The van der Waals surface area contributed by atoms with E-state index in [-0.39, 0.29) is 42.8 Å². The Hall–Kier alpha value is 0.880. The second-order valence-corrected chi connectivity index (χ2v) is 1.06. The van der Waals surface area contributed by atoms with Crippen molar-refractivity contribution in [2.75, 3.05) is 26.4 Å². The van der Waals surface area contributed by atoms with Crippen molar-refractivity contribution in [2.24, 2.45) is 0 Å². The average Bonchev–Trinajstić information content (AvgIpc) is 1.69. The first-order valence-corrected chi connectivity index (χ1v) is 2.21. The Kier molecular flexibility index (Phi) is 15.7. The van der Waals surface area contributed by atoms with Gasteiger partial charge in [-0.05, 0) is 0 Å². The van der Waals surface area contributed by atoms with Crippen molar-refractivity contribution in [1.82, 2.24) is 0 Å². The van der Waals surface area contributed by atoms with E-state index in [1.165, 1.54) is 0 Å². The van der Waals surface area contributed by atoms with Crippen molar-refractivity contribution in [1.29, 1.82) is 0 Å². The fraction of sp³-hybridized carbons (Fsp3) is 1.00. The van der Waals surface area contributed by atoms with Gasteiger partial charge in [0.05, 0.1) is 26.4 Å². The molecule has 0 saturated carbocycles. The summed E-state index contributed by atoms with van der Waals surface area (Å²) in [5, 5.41) is 16.2. The smallest absolute Gasteiger partial charge is 0.0698 e. The molecule has 0 aliphatic heterocycles. The molecule has 0 aromatic heterocycles. The normalized spacial score (nSPS) is 8.25. The van der Waals surface area contributed by atoms with E-state index in [4.69, 9.17) is 10.2 Å². The van der Waals surface area contributed by atoms with Crippen LogP contribution < -0.4 is 0 Å². The van der Waals surface area contributed by atoms with Crippen molar-refractivity contribution in [2.45, 2.75) is 0 Å². The van der Waals surface area contributed by atoms with Crippen molar-refractivity contribution >= 4 is 29.6 Å². The van der Waals surface area contributed by atoms with Crippen molar-refractivity contribution in [3.63, 3.8) is 0 Å². The first-order chi connectivity index (χ1) is 3.41. The molecule has 0 unspecified atom stereocenters. The fourth-order valence-corrected chi connectivity index (χ4v) is 0.231. The second kappa shape index (κ2) is 10.8. The minimum Gasteiger partial charge on any atom is -0.394 e. The van der Waals surface area contributed by atoms with E-state index in [0.29, 0.717) is 13.2 Å². The van der Waals surface area contributed by atoms with Crippen LogP contribution in [0.2, 0.25) is 0 Å². The molecule has 1 radical (unpaired) electrons. The largest absolute Gasteiger partial charge is 0.394 e. The standard InChI is InChI=1S/C4H10O3.Na/c5-1-3-7-4-2-6;/h5-6H,1-4H2;. The van der Waals surface area contributed by atoms with E-state index in [9.17, 15) is 0 Å². The van der Waals surface area contributed by atoms with Gasteiger partial charge >= 0.3 is 0 Å². The molecule has 0 heterocycles. The molecule has 0 bridgehead atoms. The van der Waals surface area contributed by atoms with Crippen molar-refractivity contribution < 1.29 is 14.9 Å². The van der Waals surface area contributed by atoms with E-state index in [2.05, 4.69) is 4.74 Å². The van der Waals surface area contributed by atoms with Crippen LogP contribution in [0.3, 0.4) is 0 Å². The maximum atomic E-state index is 8.09. The molecule has 0 saturated heterocycles. The summed E-state index contributed by atoms with van der Waals surface area (Å²) in [6.07, 6.45) is 0. The van der Waals surface area contributed by atoms with Crippen LogP contribution in [0.5, 0.6) is 0 Å². The van der Waals surface area contributed by atoms with Gasteiger partial charge in [-0.2, -0.15) is 0 Å². The molecule has 0 atom stereocenters. The van der Waals surface area contributed by atoms with E-state index in [1.807, 2.05) is 0 Å². The molecular weight excluding hydrogens is 119 g/mol. The van der Waals surface area contributed by atoms with Gasteiger partial charge in [0.2, 0.25) is 0 Å². The SMILES string of the molecule is OCCOCCO.[Na]. The average molecular weight is 129 g/mol. The third-order valence-electron chi connectivity index (χ3n) is 0.471. The van der Waals surface area contributed by atoms with E-state index in [1.54, 1.807) is 0 Å². The van der Waals surface area contributed by atoms with Crippen LogP contribution in [-0.2, 0) is 4.74 Å². The maximum Gasteiger partial charge on any atom is 0.0698 e. The molecule has 0 aromatic rings. The van der Waals surface area contributed by atoms with Gasteiger partial charge in [0, 0.05) is 29.6 Å². The topological polar surface area (TPSA) is 49.7 Å². The van der Waals surface area contributed by atoms with Crippen LogP contribution in [0.4, 0.5) is 0 Å². The maximum absolute atomic E-state index is 8.09. The Labute approximate surface area is 70.9 Å². The van der Waals surface area contributed by atoms with Gasteiger partial charge in [0.25, 0.3) is 0 Å². The molecular formula is C4H10NaO3. The molecule has 0 spiro atoms. The van der Waals surface area contributed by atoms with Crippen molar-refractivity contribution in [3.8, 4) is 0 Å². The summed E-state index contributed by atoms with van der Waals surface area (Å²) in [5.41, 5.74) is 0. The van der Waals surface area contributed by atoms with Crippen LogP contribution in [0, 0.1) is 0 Å². The third-order valence-corrected chi connectivity index (χ3v) is 0.471. The zero-order valence-electron chi connectivity index (χ0n) is 5.13. The van der Waals surface area contributed by atoms with Crippen LogP contribution in [0.15, 0.2) is 0 Å². The quantitative estimate of drug-likeness (QED) is 0.363. The molecule has 3 nitrogen and oxygen atoms in total. The zero-order chi connectivity index (χ0) is 5.54. The molecule has 0 aliphatic rings. The Morgan fingerprint density at radius 1 is 1.00 bits per heavy atom. The molecule has 0 amide bonds. The molecule has 0 rings (SSSR count). The van der Waals surface area contributed by atoms with Gasteiger partial charge in [-0.3, -0.25) is 0 Å². The summed E-state index contributed by atoms with van der Waals surface area (Å²) < 4.78 is 4.63. The van der Waals surface area contributed by atoms with Gasteiger partial charge < -0.3 is 14.9 Å². The van der Waals surface area contributed by atoms with E-state index >= 15 is 0 Å². The summed E-state index contributed by atoms with van der Waals surface area (Å²) in [6.45, 7) is 0.696. The monoisotopic (exact) mass is 129 g/mol. The minimum absolute atomic E-state index is 0. The number of rotatable bonds is 4. The van der Waals surface area contributed by atoms with E-state index in [0.717, 1.165) is 0 Å². The fourth-order valence-electron chi connectivity index (χ4n) is 0.231. The van der Waals surface area contributed by atoms with Crippen LogP contribution in [0.25, 0.3) is 0 Å². The van der Waals surface area contributed by atoms with Crippen LogP contribution >= 0.6 is 0 Å². The minimum atomic E-state index is 0. The summed E-state index contributed by atoms with van der Waals surface area (Å²) in [5.74, 6) is 0. The van der Waals surface area contributed by atoms with Crippen LogP contribution in [-0.4, -0.2) is 66.2 Å². The number of aliphatic hydroxyl groups excluding tert-OH is 2. The first kappa shape index (κ1) is 11.6. The Morgan fingerprint density at radius 2 is 1.38 bits per heavy atom. The summed E-state index contributed by atoms with van der Waals surface area (Å²) in [7, 11) is 0. The van der Waals surface area contributed by atoms with Crippen molar-refractivity contribution in [3.05, 3.63) is 0 Å². The first-order valence-electron chi connectivity index (χ1n) is 2.21. The summed E-state index contributed by atoms with van der Waals surface area (Å²) >= 11 is 0. The zero-order valence-corrected chi connectivity index (χ0v) is 7.13. The predicted molar refractivity (Wildman–Crippen MR) is 30.7 cm³/mol. The Balaban J connectivity index is 0. The molecule has 4 heteroatoms. The molecule has 45 valence electrons.